The lowest BCUT2D eigenvalue weighted by Crippen LogP contribution is -2.03. The van der Waals surface area contributed by atoms with Gasteiger partial charge in [0, 0.05) is 19.0 Å². The molecule has 0 aliphatic heterocycles. The molecule has 0 radical (unpaired) electrons. The van der Waals surface area contributed by atoms with Gasteiger partial charge in [-0.1, -0.05) is 0 Å². The Kier molecular flexibility index (Phi) is 3.89. The zero-order valence-corrected chi connectivity index (χ0v) is 11.3. The minimum Gasteiger partial charge on any atom is -0.384 e. The molecule has 0 fully saturated rings. The maximum atomic E-state index is 4.43. The van der Waals surface area contributed by atoms with Crippen LogP contribution in [0.3, 0.4) is 0 Å². The second-order valence-corrected chi connectivity index (χ2v) is 5.06. The van der Waals surface area contributed by atoms with Gasteiger partial charge in [-0.25, -0.2) is 4.98 Å². The molecule has 0 atom stereocenters. The SMILES string of the molecule is CSCCCNc1cnc2c(c1)c(C)nn2C. The molecule has 5 heteroatoms. The minimum absolute atomic E-state index is 0.942. The summed E-state index contributed by atoms with van der Waals surface area (Å²) in [5.41, 5.74) is 3.05. The second kappa shape index (κ2) is 5.40. The maximum Gasteiger partial charge on any atom is 0.157 e. The Balaban J connectivity index is 2.11. The number of pyridine rings is 1. The topological polar surface area (TPSA) is 42.7 Å². The standard InChI is InChI=1S/C12H18N4S/c1-9-11-7-10(13-5-4-6-17-3)8-14-12(11)16(2)15-9/h7-8,13H,4-6H2,1-3H3. The summed E-state index contributed by atoms with van der Waals surface area (Å²) in [7, 11) is 1.92. The molecule has 0 saturated heterocycles. The van der Waals surface area contributed by atoms with Crippen molar-refractivity contribution in [1.29, 1.82) is 0 Å². The first kappa shape index (κ1) is 12.2. The molecule has 2 aromatic heterocycles. The number of aryl methyl sites for hydroxylation is 2. The third-order valence-corrected chi connectivity index (χ3v) is 3.41. The normalized spacial score (nSPS) is 11.0. The molecule has 0 aliphatic rings. The Bertz CT molecular complexity index is 506. The first-order chi connectivity index (χ1) is 8.22. The van der Waals surface area contributed by atoms with Crippen molar-refractivity contribution in [1.82, 2.24) is 14.8 Å². The maximum absolute atomic E-state index is 4.43. The zero-order chi connectivity index (χ0) is 12.3. The number of fused-ring (bicyclic) bond motifs is 1. The molecule has 2 heterocycles. The van der Waals surface area contributed by atoms with Crippen LogP contribution in [0.4, 0.5) is 5.69 Å². The molecule has 0 amide bonds. The zero-order valence-electron chi connectivity index (χ0n) is 10.5. The van der Waals surface area contributed by atoms with Gasteiger partial charge in [0.2, 0.25) is 0 Å². The Morgan fingerprint density at radius 3 is 3.06 bits per heavy atom. The first-order valence-corrected chi connectivity index (χ1v) is 7.14. The van der Waals surface area contributed by atoms with Gasteiger partial charge in [-0.05, 0) is 31.4 Å². The Morgan fingerprint density at radius 1 is 1.47 bits per heavy atom. The monoisotopic (exact) mass is 250 g/mol. The highest BCUT2D eigenvalue weighted by Crippen LogP contribution is 2.19. The quantitative estimate of drug-likeness (QED) is 0.828. The Hall–Kier alpha value is -1.23. The third-order valence-electron chi connectivity index (χ3n) is 2.72. The summed E-state index contributed by atoms with van der Waals surface area (Å²) < 4.78 is 1.82. The molecule has 0 saturated carbocycles. The van der Waals surface area contributed by atoms with E-state index in [2.05, 4.69) is 27.7 Å². The fourth-order valence-electron chi connectivity index (χ4n) is 1.85. The number of anilines is 1. The fraction of sp³-hybridized carbons (Fsp3) is 0.500. The average molecular weight is 250 g/mol. The molecule has 0 aromatic carbocycles. The predicted molar refractivity (Wildman–Crippen MR) is 74.7 cm³/mol. The van der Waals surface area contributed by atoms with Gasteiger partial charge in [0.25, 0.3) is 0 Å². The number of nitrogens with zero attached hydrogens (tertiary/aromatic N) is 3. The van der Waals surface area contributed by atoms with Crippen LogP contribution in [-0.2, 0) is 7.05 Å². The summed E-state index contributed by atoms with van der Waals surface area (Å²) in [6.07, 6.45) is 5.18. The van der Waals surface area contributed by atoms with Crippen LogP contribution < -0.4 is 5.32 Å². The third kappa shape index (κ3) is 2.72. The van der Waals surface area contributed by atoms with Gasteiger partial charge < -0.3 is 5.32 Å². The van der Waals surface area contributed by atoms with Crippen molar-refractivity contribution in [2.24, 2.45) is 7.05 Å². The van der Waals surface area contributed by atoms with E-state index in [1.54, 1.807) is 0 Å². The van der Waals surface area contributed by atoms with Crippen molar-refractivity contribution in [3.63, 3.8) is 0 Å². The van der Waals surface area contributed by atoms with E-state index >= 15 is 0 Å². The molecule has 92 valence electrons. The molecule has 0 spiro atoms. The van der Waals surface area contributed by atoms with Crippen molar-refractivity contribution >= 4 is 28.5 Å². The van der Waals surface area contributed by atoms with Gasteiger partial charge in [0.1, 0.15) is 0 Å². The van der Waals surface area contributed by atoms with Gasteiger partial charge >= 0.3 is 0 Å². The van der Waals surface area contributed by atoms with Crippen LogP contribution >= 0.6 is 11.8 Å². The molecule has 2 aromatic rings. The van der Waals surface area contributed by atoms with Crippen LogP contribution in [0, 0.1) is 6.92 Å². The van der Waals surface area contributed by atoms with E-state index in [0.29, 0.717) is 0 Å². The van der Waals surface area contributed by atoms with E-state index in [1.165, 1.54) is 12.2 Å². The first-order valence-electron chi connectivity index (χ1n) is 5.74. The summed E-state index contributed by atoms with van der Waals surface area (Å²) >= 11 is 1.88. The lowest BCUT2D eigenvalue weighted by atomic mass is 10.2. The molecule has 0 aliphatic carbocycles. The molecule has 2 rings (SSSR count). The summed E-state index contributed by atoms with van der Waals surface area (Å²) in [5.74, 6) is 1.19. The number of rotatable bonds is 5. The molecular weight excluding hydrogens is 232 g/mol. The van der Waals surface area contributed by atoms with E-state index < -0.39 is 0 Å². The van der Waals surface area contributed by atoms with E-state index in [9.17, 15) is 0 Å². The van der Waals surface area contributed by atoms with Crippen LogP contribution in [0.1, 0.15) is 12.1 Å². The number of hydrogen-bond acceptors (Lipinski definition) is 4. The highest BCUT2D eigenvalue weighted by atomic mass is 32.2. The highest BCUT2D eigenvalue weighted by Gasteiger charge is 2.06. The van der Waals surface area contributed by atoms with Crippen LogP contribution in [0.15, 0.2) is 12.3 Å². The summed E-state index contributed by atoms with van der Waals surface area (Å²) in [4.78, 5) is 4.43. The van der Waals surface area contributed by atoms with Crippen LogP contribution in [0.5, 0.6) is 0 Å². The van der Waals surface area contributed by atoms with Crippen molar-refractivity contribution in [3.05, 3.63) is 18.0 Å². The number of hydrogen-bond donors (Lipinski definition) is 1. The molecule has 1 N–H and O–H groups in total. The smallest absolute Gasteiger partial charge is 0.157 e. The highest BCUT2D eigenvalue weighted by molar-refractivity contribution is 7.98. The average Bonchev–Trinajstić information content (AvgIpc) is 2.61. The molecule has 0 unspecified atom stereocenters. The lowest BCUT2D eigenvalue weighted by Gasteiger charge is -2.05. The van der Waals surface area contributed by atoms with Gasteiger partial charge in [0.05, 0.1) is 17.6 Å². The van der Waals surface area contributed by atoms with Gasteiger partial charge in [-0.15, -0.1) is 0 Å². The van der Waals surface area contributed by atoms with E-state index in [0.717, 1.165) is 29.0 Å². The van der Waals surface area contributed by atoms with Crippen molar-refractivity contribution in [2.45, 2.75) is 13.3 Å². The lowest BCUT2D eigenvalue weighted by molar-refractivity contribution is 0.774. The minimum atomic E-state index is 0.942. The van der Waals surface area contributed by atoms with Gasteiger partial charge in [-0.3, -0.25) is 4.68 Å². The van der Waals surface area contributed by atoms with Crippen LogP contribution in [0.2, 0.25) is 0 Å². The van der Waals surface area contributed by atoms with Crippen molar-refractivity contribution < 1.29 is 0 Å². The fourth-order valence-corrected chi connectivity index (χ4v) is 2.29. The predicted octanol–water partition coefficient (Wildman–Crippen LogP) is 2.44. The molecule has 17 heavy (non-hydrogen) atoms. The Labute approximate surface area is 106 Å². The molecule has 4 nitrogen and oxygen atoms in total. The number of aromatic nitrogens is 3. The van der Waals surface area contributed by atoms with Crippen molar-refractivity contribution in [3.8, 4) is 0 Å². The second-order valence-electron chi connectivity index (χ2n) is 4.08. The summed E-state index contributed by atoms with van der Waals surface area (Å²) in [6, 6.07) is 2.13. The summed E-state index contributed by atoms with van der Waals surface area (Å²) in [5, 5.41) is 8.89. The van der Waals surface area contributed by atoms with Crippen LogP contribution in [-0.4, -0.2) is 33.3 Å². The van der Waals surface area contributed by atoms with Crippen molar-refractivity contribution in [2.75, 3.05) is 23.9 Å². The van der Waals surface area contributed by atoms with E-state index in [4.69, 9.17) is 0 Å². The van der Waals surface area contributed by atoms with E-state index in [-0.39, 0.29) is 0 Å². The van der Waals surface area contributed by atoms with Gasteiger partial charge in [-0.2, -0.15) is 16.9 Å². The number of nitrogens with one attached hydrogen (secondary N) is 1. The van der Waals surface area contributed by atoms with E-state index in [1.807, 2.05) is 36.6 Å². The largest absolute Gasteiger partial charge is 0.384 e. The Morgan fingerprint density at radius 2 is 2.29 bits per heavy atom. The molecule has 0 bridgehead atoms. The number of thioether (sulfide) groups is 1. The van der Waals surface area contributed by atoms with Crippen LogP contribution in [0.25, 0.3) is 11.0 Å². The summed E-state index contributed by atoms with van der Waals surface area (Å²) in [6.45, 7) is 3.01. The van der Waals surface area contributed by atoms with Gasteiger partial charge in [0.15, 0.2) is 5.65 Å². The molecular formula is C12H18N4S.